The standard InChI is InChI=1S/C22H39N5S/c1-26(2)17-8-6-16(7-9-17)25-21-20-19-15(13-27-11-3-4-12-27)5-10-18(19)28-22(20)24-14-23-21/h15-20,22,24H,3-14H2,1-2H3,(H,23,25). The van der Waals surface area contributed by atoms with Crippen LogP contribution in [0.15, 0.2) is 4.99 Å². The van der Waals surface area contributed by atoms with Gasteiger partial charge in [0.15, 0.2) is 0 Å². The molecule has 5 atom stereocenters. The summed E-state index contributed by atoms with van der Waals surface area (Å²) < 4.78 is 0. The Morgan fingerprint density at radius 3 is 2.64 bits per heavy atom. The van der Waals surface area contributed by atoms with Crippen molar-refractivity contribution in [2.24, 2.45) is 22.7 Å². The molecule has 5 nitrogen and oxygen atoms in total. The van der Waals surface area contributed by atoms with Crippen LogP contribution in [0.5, 0.6) is 0 Å². The molecule has 0 bridgehead atoms. The van der Waals surface area contributed by atoms with Crippen molar-refractivity contribution in [3.63, 3.8) is 0 Å². The van der Waals surface area contributed by atoms with Crippen LogP contribution >= 0.6 is 11.8 Å². The van der Waals surface area contributed by atoms with E-state index in [1.54, 1.807) is 0 Å². The van der Waals surface area contributed by atoms with Crippen molar-refractivity contribution in [1.29, 1.82) is 0 Å². The molecule has 2 saturated carbocycles. The molecule has 4 fully saturated rings. The average molecular weight is 406 g/mol. The molecule has 3 heterocycles. The molecule has 6 heteroatoms. The third kappa shape index (κ3) is 3.86. The summed E-state index contributed by atoms with van der Waals surface area (Å²) in [5, 5.41) is 9.15. The Hall–Kier alpha value is -0.300. The van der Waals surface area contributed by atoms with Gasteiger partial charge in [0, 0.05) is 29.8 Å². The van der Waals surface area contributed by atoms with Gasteiger partial charge in [-0.3, -0.25) is 10.3 Å². The molecule has 0 aromatic carbocycles. The van der Waals surface area contributed by atoms with Crippen molar-refractivity contribution >= 4 is 17.6 Å². The zero-order chi connectivity index (χ0) is 19.1. The fourth-order valence-electron chi connectivity index (χ4n) is 6.65. The summed E-state index contributed by atoms with van der Waals surface area (Å²) in [7, 11) is 4.47. The summed E-state index contributed by atoms with van der Waals surface area (Å²) in [6.07, 6.45) is 10.9. The lowest BCUT2D eigenvalue weighted by atomic mass is 9.81. The van der Waals surface area contributed by atoms with Gasteiger partial charge in [0.1, 0.15) is 5.84 Å². The number of hydrogen-bond donors (Lipinski definition) is 2. The minimum atomic E-state index is 0.592. The highest BCUT2D eigenvalue weighted by Crippen LogP contribution is 2.54. The van der Waals surface area contributed by atoms with Gasteiger partial charge in [0.25, 0.3) is 0 Å². The Bertz CT molecular complexity index is 567. The molecular weight excluding hydrogens is 366 g/mol. The van der Waals surface area contributed by atoms with E-state index in [-0.39, 0.29) is 0 Å². The van der Waals surface area contributed by atoms with Crippen molar-refractivity contribution in [3.8, 4) is 0 Å². The fraction of sp³-hybridized carbons (Fsp3) is 0.955. The van der Waals surface area contributed by atoms with Gasteiger partial charge in [-0.2, -0.15) is 0 Å². The smallest absolute Gasteiger partial charge is 0.104 e. The second kappa shape index (κ2) is 8.44. The quantitative estimate of drug-likeness (QED) is 0.753. The van der Waals surface area contributed by atoms with E-state index in [0.717, 1.165) is 29.8 Å². The Morgan fingerprint density at radius 2 is 1.89 bits per heavy atom. The number of nitrogens with zero attached hydrogens (tertiary/aromatic N) is 3. The number of nitrogens with one attached hydrogen (secondary N) is 2. The zero-order valence-electron chi connectivity index (χ0n) is 17.8. The second-order valence-corrected chi connectivity index (χ2v) is 11.4. The van der Waals surface area contributed by atoms with E-state index >= 15 is 0 Å². The Balaban J connectivity index is 1.25. The van der Waals surface area contributed by atoms with Crippen LogP contribution in [-0.4, -0.2) is 78.7 Å². The molecule has 0 aromatic rings. The van der Waals surface area contributed by atoms with Crippen LogP contribution in [0.25, 0.3) is 0 Å². The minimum absolute atomic E-state index is 0.592. The van der Waals surface area contributed by atoms with Gasteiger partial charge in [0.2, 0.25) is 0 Å². The van der Waals surface area contributed by atoms with Crippen molar-refractivity contribution in [3.05, 3.63) is 0 Å². The second-order valence-electron chi connectivity index (χ2n) is 10.1. The van der Waals surface area contributed by atoms with E-state index in [2.05, 4.69) is 46.3 Å². The molecule has 0 amide bonds. The molecule has 158 valence electrons. The Labute approximate surface area is 175 Å². The van der Waals surface area contributed by atoms with E-state index in [1.165, 1.54) is 76.8 Å². The van der Waals surface area contributed by atoms with Crippen LogP contribution in [0.2, 0.25) is 0 Å². The largest absolute Gasteiger partial charge is 0.371 e. The van der Waals surface area contributed by atoms with Crippen LogP contribution in [-0.2, 0) is 0 Å². The highest BCUT2D eigenvalue weighted by Gasteiger charge is 2.53. The van der Waals surface area contributed by atoms with Crippen molar-refractivity contribution in [1.82, 2.24) is 20.4 Å². The molecule has 0 aromatic heterocycles. The molecule has 0 spiro atoms. The molecule has 2 N–H and O–H groups in total. The minimum Gasteiger partial charge on any atom is -0.371 e. The number of hydrogen-bond acceptors (Lipinski definition) is 6. The summed E-state index contributed by atoms with van der Waals surface area (Å²) in [5.74, 6) is 3.69. The van der Waals surface area contributed by atoms with E-state index in [0.29, 0.717) is 17.3 Å². The molecule has 5 rings (SSSR count). The molecule has 2 aliphatic carbocycles. The van der Waals surface area contributed by atoms with Gasteiger partial charge in [-0.15, -0.1) is 11.8 Å². The monoisotopic (exact) mass is 405 g/mol. The first-order chi connectivity index (χ1) is 13.7. The van der Waals surface area contributed by atoms with Crippen LogP contribution < -0.4 is 10.6 Å². The van der Waals surface area contributed by atoms with E-state index in [4.69, 9.17) is 4.99 Å². The Kier molecular flexibility index (Phi) is 5.93. The molecule has 5 unspecified atom stereocenters. The summed E-state index contributed by atoms with van der Waals surface area (Å²) in [6, 6.07) is 1.41. The highest BCUT2D eigenvalue weighted by molar-refractivity contribution is 8.00. The summed E-state index contributed by atoms with van der Waals surface area (Å²) in [5.41, 5.74) is 0. The van der Waals surface area contributed by atoms with Gasteiger partial charge in [-0.25, -0.2) is 0 Å². The molecule has 28 heavy (non-hydrogen) atoms. The molecule has 5 aliphatic rings. The maximum absolute atomic E-state index is 5.00. The predicted molar refractivity (Wildman–Crippen MR) is 119 cm³/mol. The zero-order valence-corrected chi connectivity index (χ0v) is 18.6. The van der Waals surface area contributed by atoms with E-state index in [1.807, 2.05) is 0 Å². The van der Waals surface area contributed by atoms with Crippen molar-refractivity contribution in [2.45, 2.75) is 74.1 Å². The number of likely N-dealkylation sites (tertiary alicyclic amines) is 1. The lowest BCUT2D eigenvalue weighted by Gasteiger charge is -2.38. The summed E-state index contributed by atoms with van der Waals surface area (Å²) in [6.45, 7) is 4.81. The third-order valence-electron chi connectivity index (χ3n) is 8.19. The number of aliphatic imine (C=N–C) groups is 1. The molecular formula is C22H39N5S. The van der Waals surface area contributed by atoms with Gasteiger partial charge >= 0.3 is 0 Å². The summed E-state index contributed by atoms with van der Waals surface area (Å²) in [4.78, 5) is 10.2. The first kappa shape index (κ1) is 19.7. The van der Waals surface area contributed by atoms with Gasteiger partial charge in [0.05, 0.1) is 12.0 Å². The highest BCUT2D eigenvalue weighted by atomic mass is 32.2. The number of amidine groups is 1. The van der Waals surface area contributed by atoms with Crippen LogP contribution in [0.1, 0.15) is 51.4 Å². The van der Waals surface area contributed by atoms with Gasteiger partial charge < -0.3 is 15.1 Å². The maximum atomic E-state index is 5.00. The molecule has 0 radical (unpaired) electrons. The lowest BCUT2D eigenvalue weighted by molar-refractivity contribution is 0.204. The van der Waals surface area contributed by atoms with E-state index < -0.39 is 0 Å². The van der Waals surface area contributed by atoms with Crippen LogP contribution in [0.3, 0.4) is 0 Å². The lowest BCUT2D eigenvalue weighted by Crippen LogP contribution is -2.52. The van der Waals surface area contributed by atoms with Gasteiger partial charge in [-0.05, 0) is 90.4 Å². The van der Waals surface area contributed by atoms with Crippen LogP contribution in [0, 0.1) is 17.8 Å². The maximum Gasteiger partial charge on any atom is 0.104 e. The first-order valence-electron chi connectivity index (χ1n) is 11.8. The molecule has 3 aliphatic heterocycles. The van der Waals surface area contributed by atoms with E-state index in [9.17, 15) is 0 Å². The van der Waals surface area contributed by atoms with Crippen molar-refractivity contribution < 1.29 is 0 Å². The topological polar surface area (TPSA) is 42.9 Å². The number of fused-ring (bicyclic) bond motifs is 3. The number of rotatable bonds is 4. The summed E-state index contributed by atoms with van der Waals surface area (Å²) >= 11 is 2.24. The average Bonchev–Trinajstić information content (AvgIpc) is 3.41. The van der Waals surface area contributed by atoms with Crippen LogP contribution in [0.4, 0.5) is 0 Å². The van der Waals surface area contributed by atoms with Gasteiger partial charge in [-0.1, -0.05) is 0 Å². The first-order valence-corrected chi connectivity index (χ1v) is 12.7. The third-order valence-corrected chi connectivity index (χ3v) is 9.84. The number of thioether (sulfide) groups is 1. The Morgan fingerprint density at radius 1 is 1.11 bits per heavy atom. The predicted octanol–water partition coefficient (Wildman–Crippen LogP) is 2.59. The fourth-order valence-corrected chi connectivity index (χ4v) is 8.52. The van der Waals surface area contributed by atoms with Crippen molar-refractivity contribution in [2.75, 3.05) is 40.4 Å². The SMILES string of the molecule is CN(C)C1CCC(NC2=NCNC3SC4CCC(CN5CCCC5)C4C23)CC1. The molecule has 2 saturated heterocycles. The normalized spacial score (nSPS) is 43.8.